The van der Waals surface area contributed by atoms with Crippen LogP contribution >= 0.6 is 0 Å². The lowest BCUT2D eigenvalue weighted by Crippen LogP contribution is -2.20. The maximum absolute atomic E-state index is 12.2. The van der Waals surface area contributed by atoms with Gasteiger partial charge in [-0.3, -0.25) is 9.89 Å². The highest BCUT2D eigenvalue weighted by Crippen LogP contribution is 2.39. The fourth-order valence-electron chi connectivity index (χ4n) is 3.26. The number of amides is 1. The molecule has 0 aliphatic carbocycles. The summed E-state index contributed by atoms with van der Waals surface area (Å²) in [7, 11) is 4.66. The Morgan fingerprint density at radius 2 is 1.96 bits per heavy atom. The van der Waals surface area contributed by atoms with Crippen LogP contribution in [0.1, 0.15) is 24.5 Å². The van der Waals surface area contributed by atoms with Crippen LogP contribution < -0.4 is 14.8 Å². The first-order valence-electron chi connectivity index (χ1n) is 8.85. The number of hydrogen-bond acceptors (Lipinski definition) is 6. The molecule has 0 saturated carbocycles. The Hall–Kier alpha value is -2.58. The molecule has 8 nitrogen and oxygen atoms in total. The van der Waals surface area contributed by atoms with E-state index in [-0.39, 0.29) is 18.4 Å². The Bertz CT molecular complexity index is 784. The number of hydrogen-bond donors (Lipinski definition) is 2. The molecular formula is C19H25N3O5. The second kappa shape index (κ2) is 8.88. The Morgan fingerprint density at radius 3 is 2.63 bits per heavy atom. The van der Waals surface area contributed by atoms with E-state index in [4.69, 9.17) is 18.9 Å². The first kappa shape index (κ1) is 19.2. The highest BCUT2D eigenvalue weighted by Gasteiger charge is 2.25. The van der Waals surface area contributed by atoms with E-state index in [1.165, 1.54) is 7.11 Å². The van der Waals surface area contributed by atoms with Crippen molar-refractivity contribution in [3.05, 3.63) is 23.9 Å². The van der Waals surface area contributed by atoms with Gasteiger partial charge in [0.2, 0.25) is 5.91 Å². The average molecular weight is 375 g/mol. The normalized spacial score (nSPS) is 14.8. The molecule has 1 aliphatic heterocycles. The molecule has 1 aromatic heterocycles. The number of H-pyrrole nitrogens is 1. The fourth-order valence-corrected chi connectivity index (χ4v) is 3.26. The number of ether oxygens (including phenoxy) is 4. The molecule has 0 spiro atoms. The van der Waals surface area contributed by atoms with E-state index in [0.717, 1.165) is 24.1 Å². The van der Waals surface area contributed by atoms with Crippen molar-refractivity contribution < 1.29 is 23.7 Å². The molecule has 0 radical (unpaired) electrons. The smallest absolute Gasteiger partial charge is 0.250 e. The fraction of sp³-hybridized carbons (Fsp3) is 0.474. The molecule has 1 amide bonds. The topological polar surface area (TPSA) is 94.7 Å². The van der Waals surface area contributed by atoms with Crippen LogP contribution in [0.4, 0.5) is 5.69 Å². The predicted molar refractivity (Wildman–Crippen MR) is 100 cm³/mol. The Balaban J connectivity index is 2.01. The summed E-state index contributed by atoms with van der Waals surface area (Å²) in [6.07, 6.45) is 1.75. The van der Waals surface area contributed by atoms with E-state index in [0.29, 0.717) is 36.1 Å². The van der Waals surface area contributed by atoms with Crippen LogP contribution in [0.25, 0.3) is 11.3 Å². The Morgan fingerprint density at radius 1 is 1.22 bits per heavy atom. The second-order valence-electron chi connectivity index (χ2n) is 6.30. The number of rotatable bonds is 7. The van der Waals surface area contributed by atoms with Gasteiger partial charge in [-0.15, -0.1) is 0 Å². The van der Waals surface area contributed by atoms with Gasteiger partial charge in [0.1, 0.15) is 12.3 Å². The highest BCUT2D eigenvalue weighted by molar-refractivity contribution is 5.96. The molecule has 1 fully saturated rings. The van der Waals surface area contributed by atoms with E-state index in [1.807, 2.05) is 18.2 Å². The molecule has 1 aromatic carbocycles. The van der Waals surface area contributed by atoms with Crippen molar-refractivity contribution in [3.63, 3.8) is 0 Å². The van der Waals surface area contributed by atoms with Crippen LogP contribution in [0.2, 0.25) is 0 Å². The molecule has 2 aromatic rings. The van der Waals surface area contributed by atoms with Gasteiger partial charge in [-0.25, -0.2) is 0 Å². The summed E-state index contributed by atoms with van der Waals surface area (Å²) in [5.74, 6) is 1.25. The van der Waals surface area contributed by atoms with Crippen molar-refractivity contribution in [1.29, 1.82) is 0 Å². The molecule has 1 saturated heterocycles. The Labute approximate surface area is 158 Å². The first-order chi connectivity index (χ1) is 13.2. The van der Waals surface area contributed by atoms with Crippen molar-refractivity contribution in [3.8, 4) is 22.8 Å². The number of carbonyl (C=O) groups is 1. The number of carbonyl (C=O) groups excluding carboxylic acids is 1. The van der Waals surface area contributed by atoms with E-state index in [9.17, 15) is 4.79 Å². The van der Waals surface area contributed by atoms with Gasteiger partial charge in [0, 0.05) is 31.8 Å². The van der Waals surface area contributed by atoms with E-state index >= 15 is 0 Å². The summed E-state index contributed by atoms with van der Waals surface area (Å²) in [6, 6.07) is 5.55. The first-order valence-corrected chi connectivity index (χ1v) is 8.85. The van der Waals surface area contributed by atoms with Gasteiger partial charge in [-0.05, 0) is 31.0 Å². The van der Waals surface area contributed by atoms with Gasteiger partial charge in [0.15, 0.2) is 11.5 Å². The van der Waals surface area contributed by atoms with Crippen molar-refractivity contribution in [2.45, 2.75) is 18.8 Å². The van der Waals surface area contributed by atoms with Crippen LogP contribution in [0.15, 0.2) is 18.2 Å². The second-order valence-corrected chi connectivity index (χ2v) is 6.30. The van der Waals surface area contributed by atoms with Crippen LogP contribution in [-0.4, -0.2) is 57.3 Å². The third-order valence-corrected chi connectivity index (χ3v) is 4.62. The van der Waals surface area contributed by atoms with Crippen molar-refractivity contribution >= 4 is 11.6 Å². The third-order valence-electron chi connectivity index (χ3n) is 4.62. The summed E-state index contributed by atoms with van der Waals surface area (Å²) in [5, 5.41) is 10.6. The predicted octanol–water partition coefficient (Wildman–Crippen LogP) is 2.57. The quantitative estimate of drug-likeness (QED) is 0.772. The van der Waals surface area contributed by atoms with Crippen molar-refractivity contribution in [2.75, 3.05) is 46.5 Å². The minimum absolute atomic E-state index is 0.0240. The van der Waals surface area contributed by atoms with Crippen LogP contribution in [-0.2, 0) is 14.3 Å². The molecule has 0 unspecified atom stereocenters. The lowest BCUT2D eigenvalue weighted by molar-refractivity contribution is -0.119. The summed E-state index contributed by atoms with van der Waals surface area (Å²) in [4.78, 5) is 12.2. The molecule has 3 rings (SSSR count). The number of benzene rings is 1. The zero-order valence-corrected chi connectivity index (χ0v) is 15.8. The van der Waals surface area contributed by atoms with Crippen molar-refractivity contribution in [2.24, 2.45) is 0 Å². The van der Waals surface area contributed by atoms with Gasteiger partial charge >= 0.3 is 0 Å². The summed E-state index contributed by atoms with van der Waals surface area (Å²) in [6.45, 7) is 1.37. The molecule has 8 heteroatoms. The number of aromatic amines is 1. The molecule has 2 N–H and O–H groups in total. The lowest BCUT2D eigenvalue weighted by Gasteiger charge is -2.22. The maximum Gasteiger partial charge on any atom is 0.250 e. The molecule has 27 heavy (non-hydrogen) atoms. The van der Waals surface area contributed by atoms with E-state index < -0.39 is 0 Å². The SMILES string of the molecule is COCC(=O)Nc1c(-c2ccc(OC)c(OC)c2)n[nH]c1C1CCOCC1. The Kier molecular flexibility index (Phi) is 6.31. The van der Waals surface area contributed by atoms with Gasteiger partial charge in [0.05, 0.1) is 25.6 Å². The summed E-state index contributed by atoms with van der Waals surface area (Å²) < 4.78 is 21.1. The number of nitrogens with zero attached hydrogens (tertiary/aromatic N) is 1. The largest absolute Gasteiger partial charge is 0.493 e. The highest BCUT2D eigenvalue weighted by atomic mass is 16.5. The molecular weight excluding hydrogens is 350 g/mol. The zero-order valence-electron chi connectivity index (χ0n) is 15.8. The number of nitrogens with one attached hydrogen (secondary N) is 2. The number of methoxy groups -OCH3 is 3. The lowest BCUT2D eigenvalue weighted by atomic mass is 9.94. The molecule has 2 heterocycles. The minimum atomic E-state index is -0.228. The number of anilines is 1. The third kappa shape index (κ3) is 4.23. The van der Waals surface area contributed by atoms with Gasteiger partial charge in [-0.2, -0.15) is 5.10 Å². The summed E-state index contributed by atoms with van der Waals surface area (Å²) >= 11 is 0. The van der Waals surface area contributed by atoms with Gasteiger partial charge in [-0.1, -0.05) is 0 Å². The summed E-state index contributed by atoms with van der Waals surface area (Å²) in [5.41, 5.74) is 3.06. The zero-order chi connectivity index (χ0) is 19.2. The van der Waals surface area contributed by atoms with Gasteiger partial charge in [0.25, 0.3) is 0 Å². The van der Waals surface area contributed by atoms with E-state index in [2.05, 4.69) is 15.5 Å². The standard InChI is InChI=1S/C19H25N3O5/c1-24-11-16(23)20-19-17(12-6-8-27-9-7-12)21-22-18(19)13-4-5-14(25-2)15(10-13)26-3/h4-5,10,12H,6-9,11H2,1-3H3,(H,20,23)(H,21,22). The average Bonchev–Trinajstić information content (AvgIpc) is 3.11. The van der Waals surface area contributed by atoms with E-state index in [1.54, 1.807) is 14.2 Å². The maximum atomic E-state index is 12.2. The molecule has 0 bridgehead atoms. The van der Waals surface area contributed by atoms with Gasteiger partial charge < -0.3 is 24.3 Å². The van der Waals surface area contributed by atoms with Crippen LogP contribution in [0, 0.1) is 0 Å². The minimum Gasteiger partial charge on any atom is -0.493 e. The molecule has 146 valence electrons. The van der Waals surface area contributed by atoms with Crippen molar-refractivity contribution in [1.82, 2.24) is 10.2 Å². The molecule has 1 aliphatic rings. The van der Waals surface area contributed by atoms with Crippen LogP contribution in [0.3, 0.4) is 0 Å². The number of aromatic nitrogens is 2. The van der Waals surface area contributed by atoms with Crippen LogP contribution in [0.5, 0.6) is 11.5 Å². The molecule has 0 atom stereocenters. The monoisotopic (exact) mass is 375 g/mol.